The molecule has 1 aromatic rings. The Labute approximate surface area is 89.5 Å². The van der Waals surface area contributed by atoms with Crippen molar-refractivity contribution in [2.45, 2.75) is 18.9 Å². The van der Waals surface area contributed by atoms with Crippen LogP contribution in [-0.2, 0) is 12.5 Å². The van der Waals surface area contributed by atoms with Crippen LogP contribution < -0.4 is 0 Å². The third-order valence-electron chi connectivity index (χ3n) is 1.72. The largest absolute Gasteiger partial charge is 0.392 e. The van der Waals surface area contributed by atoms with Crippen LogP contribution in [0.4, 0.5) is 8.78 Å². The van der Waals surface area contributed by atoms with E-state index in [1.165, 1.54) is 6.20 Å². The van der Waals surface area contributed by atoms with Crippen molar-refractivity contribution in [2.24, 2.45) is 0 Å². The number of aromatic nitrogens is 1. The number of nitrogens with zero attached hydrogens (tertiary/aromatic N) is 1. The second-order valence-corrected chi connectivity index (χ2v) is 3.20. The highest BCUT2D eigenvalue weighted by Gasteiger charge is 2.20. The minimum Gasteiger partial charge on any atom is -0.392 e. The monoisotopic (exact) mass is 241 g/mol. The molecule has 0 spiro atoms. The van der Waals surface area contributed by atoms with E-state index in [0.717, 1.165) is 0 Å². The third kappa shape index (κ3) is 2.13. The highest BCUT2D eigenvalue weighted by Crippen LogP contribution is 2.32. The van der Waals surface area contributed by atoms with E-state index in [1.54, 1.807) is 0 Å². The van der Waals surface area contributed by atoms with E-state index in [1.807, 2.05) is 0 Å². The molecule has 1 aromatic heterocycles. The number of pyridine rings is 1. The molecule has 0 saturated carbocycles. The molecular formula is C8H7Cl2F2NO. The average Bonchev–Trinajstić information content (AvgIpc) is 2.16. The highest BCUT2D eigenvalue weighted by atomic mass is 35.5. The average molecular weight is 242 g/mol. The Morgan fingerprint density at radius 1 is 1.50 bits per heavy atom. The Morgan fingerprint density at radius 3 is 2.57 bits per heavy atom. The van der Waals surface area contributed by atoms with Gasteiger partial charge in [-0.15, -0.1) is 11.6 Å². The quantitative estimate of drug-likeness (QED) is 0.826. The first-order valence-corrected chi connectivity index (χ1v) is 4.64. The number of hydrogen-bond donors (Lipinski definition) is 1. The number of aliphatic hydroxyl groups excluding tert-OH is 1. The first-order valence-electron chi connectivity index (χ1n) is 3.73. The van der Waals surface area contributed by atoms with Crippen molar-refractivity contribution in [3.8, 4) is 0 Å². The Balaban J connectivity index is 3.31. The maximum atomic E-state index is 12.5. The smallest absolute Gasteiger partial charge is 0.267 e. The van der Waals surface area contributed by atoms with E-state index in [9.17, 15) is 8.78 Å². The van der Waals surface area contributed by atoms with Crippen LogP contribution in [0.15, 0.2) is 6.20 Å². The maximum absolute atomic E-state index is 12.5. The number of alkyl halides is 3. The number of hydrogen-bond acceptors (Lipinski definition) is 2. The van der Waals surface area contributed by atoms with Gasteiger partial charge in [0.05, 0.1) is 28.8 Å². The summed E-state index contributed by atoms with van der Waals surface area (Å²) in [5.41, 5.74) is -0.173. The summed E-state index contributed by atoms with van der Waals surface area (Å²) >= 11 is 11.1. The van der Waals surface area contributed by atoms with Gasteiger partial charge in [0.15, 0.2) is 0 Å². The molecule has 0 aliphatic rings. The second-order valence-electron chi connectivity index (χ2n) is 2.55. The maximum Gasteiger partial charge on any atom is 0.267 e. The van der Waals surface area contributed by atoms with Crippen LogP contribution in [0.3, 0.4) is 0 Å². The summed E-state index contributed by atoms with van der Waals surface area (Å²) in [6.07, 6.45) is -1.50. The molecular weight excluding hydrogens is 235 g/mol. The Hall–Kier alpha value is -0.450. The SMILES string of the molecule is OCc1cnc(CCl)c(C(F)F)c1Cl. The zero-order valence-corrected chi connectivity index (χ0v) is 8.49. The first-order chi connectivity index (χ1) is 6.61. The van der Waals surface area contributed by atoms with E-state index >= 15 is 0 Å². The summed E-state index contributed by atoms with van der Waals surface area (Å²) in [6, 6.07) is 0. The summed E-state index contributed by atoms with van der Waals surface area (Å²) < 4.78 is 25.1. The molecule has 6 heteroatoms. The van der Waals surface area contributed by atoms with Crippen molar-refractivity contribution in [3.05, 3.63) is 28.0 Å². The minimum absolute atomic E-state index is 0.0452. The van der Waals surface area contributed by atoms with Crippen LogP contribution in [0.1, 0.15) is 23.2 Å². The molecule has 0 aliphatic heterocycles. The second kappa shape index (κ2) is 4.87. The van der Waals surface area contributed by atoms with Crippen LogP contribution in [0, 0.1) is 0 Å². The van der Waals surface area contributed by atoms with Gasteiger partial charge in [0, 0.05) is 11.8 Å². The summed E-state index contributed by atoms with van der Waals surface area (Å²) in [4.78, 5) is 3.69. The molecule has 0 radical (unpaired) electrons. The van der Waals surface area contributed by atoms with Gasteiger partial charge in [0.2, 0.25) is 0 Å². The molecule has 1 rings (SSSR count). The molecule has 0 amide bonds. The van der Waals surface area contributed by atoms with Gasteiger partial charge >= 0.3 is 0 Å². The van der Waals surface area contributed by atoms with Crippen LogP contribution in [-0.4, -0.2) is 10.1 Å². The molecule has 0 fully saturated rings. The molecule has 0 aromatic carbocycles. The van der Waals surface area contributed by atoms with E-state index in [-0.39, 0.29) is 22.2 Å². The third-order valence-corrected chi connectivity index (χ3v) is 2.42. The summed E-state index contributed by atoms with van der Waals surface area (Å²) in [5.74, 6) is -0.134. The normalized spacial score (nSPS) is 11.0. The molecule has 0 bridgehead atoms. The minimum atomic E-state index is -2.74. The molecule has 1 heterocycles. The van der Waals surface area contributed by atoms with Gasteiger partial charge in [0.25, 0.3) is 6.43 Å². The topological polar surface area (TPSA) is 33.1 Å². The van der Waals surface area contributed by atoms with Gasteiger partial charge in [-0.05, 0) is 0 Å². The molecule has 14 heavy (non-hydrogen) atoms. The van der Waals surface area contributed by atoms with Gasteiger partial charge in [0.1, 0.15) is 0 Å². The van der Waals surface area contributed by atoms with Crippen molar-refractivity contribution in [2.75, 3.05) is 0 Å². The predicted molar refractivity (Wildman–Crippen MR) is 49.7 cm³/mol. The van der Waals surface area contributed by atoms with Gasteiger partial charge in [-0.1, -0.05) is 11.6 Å². The number of aliphatic hydroxyl groups is 1. The van der Waals surface area contributed by atoms with Crippen LogP contribution in [0.2, 0.25) is 5.02 Å². The highest BCUT2D eigenvalue weighted by molar-refractivity contribution is 6.32. The van der Waals surface area contributed by atoms with E-state index in [0.29, 0.717) is 0 Å². The van der Waals surface area contributed by atoms with E-state index in [4.69, 9.17) is 28.3 Å². The molecule has 78 valence electrons. The lowest BCUT2D eigenvalue weighted by atomic mass is 10.1. The molecule has 0 aliphatic carbocycles. The van der Waals surface area contributed by atoms with Crippen LogP contribution in [0.5, 0.6) is 0 Å². The van der Waals surface area contributed by atoms with Gasteiger partial charge < -0.3 is 5.11 Å². The molecule has 2 nitrogen and oxygen atoms in total. The lowest BCUT2D eigenvalue weighted by Gasteiger charge is -2.10. The van der Waals surface area contributed by atoms with Gasteiger partial charge in [-0.2, -0.15) is 0 Å². The lowest BCUT2D eigenvalue weighted by Crippen LogP contribution is -2.01. The van der Waals surface area contributed by atoms with Gasteiger partial charge in [-0.3, -0.25) is 4.98 Å². The standard InChI is InChI=1S/C8H7Cl2F2NO/c9-1-5-6(8(11)12)7(10)4(3-14)2-13-5/h2,8,14H,1,3H2. The molecule has 1 N–H and O–H groups in total. The summed E-state index contributed by atoms with van der Waals surface area (Å²) in [7, 11) is 0. The van der Waals surface area contributed by atoms with E-state index < -0.39 is 18.6 Å². The van der Waals surface area contributed by atoms with Crippen molar-refractivity contribution in [1.82, 2.24) is 4.98 Å². The Morgan fingerprint density at radius 2 is 2.14 bits per heavy atom. The number of rotatable bonds is 3. The fourth-order valence-electron chi connectivity index (χ4n) is 1.02. The lowest BCUT2D eigenvalue weighted by molar-refractivity contribution is 0.149. The van der Waals surface area contributed by atoms with E-state index in [2.05, 4.69) is 4.98 Å². The zero-order chi connectivity index (χ0) is 10.7. The first kappa shape index (κ1) is 11.6. The number of halogens is 4. The van der Waals surface area contributed by atoms with Crippen molar-refractivity contribution < 1.29 is 13.9 Å². The fourth-order valence-corrected chi connectivity index (χ4v) is 1.53. The predicted octanol–water partition coefficient (Wildman–Crippen LogP) is 2.90. The van der Waals surface area contributed by atoms with Crippen LogP contribution >= 0.6 is 23.2 Å². The van der Waals surface area contributed by atoms with Crippen LogP contribution in [0.25, 0.3) is 0 Å². The van der Waals surface area contributed by atoms with Gasteiger partial charge in [-0.25, -0.2) is 8.78 Å². The summed E-state index contributed by atoms with van der Waals surface area (Å²) in [6.45, 7) is -0.423. The fraction of sp³-hybridized carbons (Fsp3) is 0.375. The zero-order valence-electron chi connectivity index (χ0n) is 6.98. The van der Waals surface area contributed by atoms with Crippen molar-refractivity contribution in [3.63, 3.8) is 0 Å². The molecule has 0 unspecified atom stereocenters. The summed E-state index contributed by atoms with van der Waals surface area (Å²) in [5, 5.41) is 8.63. The molecule has 0 saturated heterocycles. The Bertz CT molecular complexity index is 333. The Kier molecular flexibility index (Phi) is 4.04. The molecule has 0 atom stereocenters. The van der Waals surface area contributed by atoms with Crippen molar-refractivity contribution >= 4 is 23.2 Å². The van der Waals surface area contributed by atoms with Crippen molar-refractivity contribution in [1.29, 1.82) is 0 Å².